The van der Waals surface area contributed by atoms with Crippen molar-refractivity contribution in [2.75, 3.05) is 26.3 Å². The van der Waals surface area contributed by atoms with E-state index in [0.717, 1.165) is 25.9 Å². The van der Waals surface area contributed by atoms with Crippen LogP contribution in [0.5, 0.6) is 0 Å². The van der Waals surface area contributed by atoms with Gasteiger partial charge in [0.15, 0.2) is 0 Å². The van der Waals surface area contributed by atoms with Gasteiger partial charge in [0.1, 0.15) is 0 Å². The van der Waals surface area contributed by atoms with E-state index in [1.54, 1.807) is 0 Å². The van der Waals surface area contributed by atoms with E-state index in [1.807, 2.05) is 12.1 Å². The monoisotopic (exact) mass is 345 g/mol. The van der Waals surface area contributed by atoms with Crippen molar-refractivity contribution in [1.29, 1.82) is 0 Å². The number of aromatic nitrogens is 2. The summed E-state index contributed by atoms with van der Waals surface area (Å²) in [7, 11) is 0. The summed E-state index contributed by atoms with van der Waals surface area (Å²) in [6, 6.07) is 8.27. The van der Waals surface area contributed by atoms with Crippen LogP contribution in [-0.4, -0.2) is 52.6 Å². The molecule has 6 nitrogen and oxygen atoms in total. The molecule has 0 spiro atoms. The molecule has 2 aromatic rings. The number of rotatable bonds is 8. The Morgan fingerprint density at radius 3 is 2.72 bits per heavy atom. The van der Waals surface area contributed by atoms with E-state index in [4.69, 9.17) is 14.3 Å². The van der Waals surface area contributed by atoms with E-state index in [1.165, 1.54) is 11.1 Å². The van der Waals surface area contributed by atoms with Gasteiger partial charge in [0, 0.05) is 26.3 Å². The number of nitrogens with zero attached hydrogens (tertiary/aromatic N) is 3. The van der Waals surface area contributed by atoms with Gasteiger partial charge >= 0.3 is 0 Å². The number of aliphatic hydroxyl groups excluding tert-OH is 1. The highest BCUT2D eigenvalue weighted by molar-refractivity contribution is 5.27. The molecule has 6 heteroatoms. The van der Waals surface area contributed by atoms with Crippen LogP contribution in [0.3, 0.4) is 0 Å². The number of ether oxygens (including phenoxy) is 1. The molecule has 0 atom stereocenters. The number of piperidine rings is 1. The van der Waals surface area contributed by atoms with Crippen LogP contribution in [-0.2, 0) is 17.7 Å². The summed E-state index contributed by atoms with van der Waals surface area (Å²) in [6.07, 6.45) is 3.72. The summed E-state index contributed by atoms with van der Waals surface area (Å²) in [5.74, 6) is 1.36. The molecule has 0 saturated carbocycles. The summed E-state index contributed by atoms with van der Waals surface area (Å²) in [6.45, 7) is 5.58. The van der Waals surface area contributed by atoms with Gasteiger partial charge in [-0.3, -0.25) is 4.90 Å². The lowest BCUT2D eigenvalue weighted by Crippen LogP contribution is -2.36. The largest absolute Gasteiger partial charge is 0.424 e. The van der Waals surface area contributed by atoms with E-state index in [0.29, 0.717) is 43.9 Å². The van der Waals surface area contributed by atoms with Gasteiger partial charge in [-0.2, -0.15) is 0 Å². The third-order valence-corrected chi connectivity index (χ3v) is 4.66. The van der Waals surface area contributed by atoms with Gasteiger partial charge in [0.2, 0.25) is 11.8 Å². The van der Waals surface area contributed by atoms with Crippen molar-refractivity contribution in [3.63, 3.8) is 0 Å². The first-order valence-corrected chi connectivity index (χ1v) is 9.05. The van der Waals surface area contributed by atoms with Crippen LogP contribution < -0.4 is 0 Å². The molecule has 1 saturated heterocycles. The van der Waals surface area contributed by atoms with Crippen LogP contribution >= 0.6 is 0 Å². The summed E-state index contributed by atoms with van der Waals surface area (Å²) >= 11 is 0. The molecule has 25 heavy (non-hydrogen) atoms. The zero-order valence-electron chi connectivity index (χ0n) is 14.9. The lowest BCUT2D eigenvalue weighted by molar-refractivity contribution is -0.000643. The molecule has 136 valence electrons. The molecule has 1 aliphatic heterocycles. The molecule has 0 aliphatic carbocycles. The average Bonchev–Trinajstić information content (AvgIpc) is 3.06. The zero-order valence-corrected chi connectivity index (χ0v) is 14.9. The maximum absolute atomic E-state index is 8.80. The predicted molar refractivity (Wildman–Crippen MR) is 94.2 cm³/mol. The molecular weight excluding hydrogens is 318 g/mol. The molecule has 1 aliphatic rings. The first kappa shape index (κ1) is 18.0. The minimum atomic E-state index is 0.195. The Balaban J connectivity index is 1.45. The van der Waals surface area contributed by atoms with Gasteiger partial charge in [-0.15, -0.1) is 10.2 Å². The van der Waals surface area contributed by atoms with E-state index < -0.39 is 0 Å². The van der Waals surface area contributed by atoms with Gasteiger partial charge in [-0.05, 0) is 37.3 Å². The number of hydrogen-bond acceptors (Lipinski definition) is 6. The molecule has 1 aromatic carbocycles. The summed E-state index contributed by atoms with van der Waals surface area (Å²) in [4.78, 5) is 2.33. The van der Waals surface area contributed by atoms with E-state index in [9.17, 15) is 0 Å². The standard InChI is InChI=1S/C19H27N3O3/c1-15-5-2-3-6-16(15)13-18-20-21-19(25-18)14-22-9-7-17(8-10-22)24-12-4-11-23/h2-3,5-6,17,23H,4,7-14H2,1H3. The van der Waals surface area contributed by atoms with Crippen LogP contribution in [0.2, 0.25) is 0 Å². The van der Waals surface area contributed by atoms with Crippen LogP contribution in [0.4, 0.5) is 0 Å². The zero-order chi connectivity index (χ0) is 17.5. The van der Waals surface area contributed by atoms with Crippen LogP contribution in [0.15, 0.2) is 28.7 Å². The van der Waals surface area contributed by atoms with Crippen LogP contribution in [0.1, 0.15) is 42.2 Å². The minimum absolute atomic E-state index is 0.195. The molecule has 1 N–H and O–H groups in total. The van der Waals surface area contributed by atoms with Crippen molar-refractivity contribution in [1.82, 2.24) is 15.1 Å². The molecule has 0 amide bonds. The second-order valence-electron chi connectivity index (χ2n) is 6.62. The van der Waals surface area contributed by atoms with Gasteiger partial charge in [0.05, 0.1) is 19.1 Å². The molecule has 0 unspecified atom stereocenters. The number of aryl methyl sites for hydroxylation is 1. The molecule has 0 radical (unpaired) electrons. The molecule has 1 fully saturated rings. The molecular formula is C19H27N3O3. The molecule has 3 rings (SSSR count). The normalized spacial score (nSPS) is 16.4. The van der Waals surface area contributed by atoms with E-state index in [-0.39, 0.29) is 6.61 Å². The highest BCUT2D eigenvalue weighted by Gasteiger charge is 2.21. The fourth-order valence-corrected chi connectivity index (χ4v) is 3.13. The fourth-order valence-electron chi connectivity index (χ4n) is 3.13. The number of likely N-dealkylation sites (tertiary alicyclic amines) is 1. The van der Waals surface area contributed by atoms with Gasteiger partial charge in [0.25, 0.3) is 0 Å². The van der Waals surface area contributed by atoms with Gasteiger partial charge < -0.3 is 14.3 Å². The highest BCUT2D eigenvalue weighted by Crippen LogP contribution is 2.17. The van der Waals surface area contributed by atoms with Crippen molar-refractivity contribution in [3.8, 4) is 0 Å². The first-order chi connectivity index (χ1) is 12.2. The second kappa shape index (κ2) is 9.08. The Hall–Kier alpha value is -1.76. The fraction of sp³-hybridized carbons (Fsp3) is 0.579. The lowest BCUT2D eigenvalue weighted by atomic mass is 10.1. The Labute approximate surface area is 148 Å². The van der Waals surface area contributed by atoms with E-state index in [2.05, 4.69) is 34.2 Å². The SMILES string of the molecule is Cc1ccccc1Cc1nnc(CN2CCC(OCCCO)CC2)o1. The van der Waals surface area contributed by atoms with Gasteiger partial charge in [-0.1, -0.05) is 24.3 Å². The van der Waals surface area contributed by atoms with Crippen molar-refractivity contribution in [2.45, 2.75) is 45.3 Å². The Kier molecular flexibility index (Phi) is 6.55. The molecule has 1 aromatic heterocycles. The summed E-state index contributed by atoms with van der Waals surface area (Å²) in [5.41, 5.74) is 2.46. The lowest BCUT2D eigenvalue weighted by Gasteiger charge is -2.30. The molecule has 2 heterocycles. The van der Waals surface area contributed by atoms with Crippen molar-refractivity contribution < 1.29 is 14.3 Å². The first-order valence-electron chi connectivity index (χ1n) is 9.05. The Morgan fingerprint density at radius 1 is 1.20 bits per heavy atom. The second-order valence-corrected chi connectivity index (χ2v) is 6.62. The van der Waals surface area contributed by atoms with Gasteiger partial charge in [-0.25, -0.2) is 0 Å². The highest BCUT2D eigenvalue weighted by atomic mass is 16.5. The predicted octanol–water partition coefficient (Wildman–Crippen LogP) is 2.33. The number of benzene rings is 1. The summed E-state index contributed by atoms with van der Waals surface area (Å²) < 4.78 is 11.6. The molecule has 0 bridgehead atoms. The third kappa shape index (κ3) is 5.36. The maximum Gasteiger partial charge on any atom is 0.230 e. The smallest absolute Gasteiger partial charge is 0.230 e. The summed E-state index contributed by atoms with van der Waals surface area (Å²) in [5, 5.41) is 17.2. The van der Waals surface area contributed by atoms with Crippen molar-refractivity contribution in [3.05, 3.63) is 47.2 Å². The number of hydrogen-bond donors (Lipinski definition) is 1. The van der Waals surface area contributed by atoms with Crippen LogP contribution in [0.25, 0.3) is 0 Å². The minimum Gasteiger partial charge on any atom is -0.424 e. The van der Waals surface area contributed by atoms with E-state index >= 15 is 0 Å². The Bertz CT molecular complexity index is 651. The average molecular weight is 345 g/mol. The Morgan fingerprint density at radius 2 is 1.96 bits per heavy atom. The third-order valence-electron chi connectivity index (χ3n) is 4.66. The van der Waals surface area contributed by atoms with Crippen molar-refractivity contribution in [2.24, 2.45) is 0 Å². The van der Waals surface area contributed by atoms with Crippen molar-refractivity contribution >= 4 is 0 Å². The quantitative estimate of drug-likeness (QED) is 0.741. The number of aliphatic hydroxyl groups is 1. The topological polar surface area (TPSA) is 71.6 Å². The van der Waals surface area contributed by atoms with Crippen LogP contribution in [0, 0.1) is 6.92 Å². The maximum atomic E-state index is 8.80.